The van der Waals surface area contributed by atoms with Gasteiger partial charge in [-0.3, -0.25) is 0 Å². The van der Waals surface area contributed by atoms with E-state index in [-0.39, 0.29) is 12.1 Å². The Labute approximate surface area is 155 Å². The summed E-state index contributed by atoms with van der Waals surface area (Å²) < 4.78 is 2.17. The molecular formula is C20H28ClN3O. The molecule has 1 N–H and O–H groups in total. The van der Waals surface area contributed by atoms with Crippen LogP contribution in [0.4, 0.5) is 4.79 Å². The van der Waals surface area contributed by atoms with Crippen LogP contribution in [0.2, 0.25) is 5.02 Å². The fraction of sp³-hybridized carbons (Fsp3) is 0.450. The molecule has 0 bridgehead atoms. The fourth-order valence-electron chi connectivity index (χ4n) is 2.77. The van der Waals surface area contributed by atoms with Crippen LogP contribution in [0.15, 0.2) is 42.6 Å². The Morgan fingerprint density at radius 3 is 2.64 bits per heavy atom. The summed E-state index contributed by atoms with van der Waals surface area (Å²) in [5.74, 6) is 0.388. The summed E-state index contributed by atoms with van der Waals surface area (Å²) in [6.45, 7) is 10.3. The van der Waals surface area contributed by atoms with E-state index in [1.165, 1.54) is 0 Å². The number of aromatic nitrogens is 1. The first kappa shape index (κ1) is 19.4. The molecular weight excluding hydrogens is 334 g/mol. The number of hydrogen-bond acceptors (Lipinski definition) is 1. The second-order valence-electron chi connectivity index (χ2n) is 6.71. The maximum atomic E-state index is 12.5. The van der Waals surface area contributed by atoms with E-state index >= 15 is 0 Å². The Morgan fingerprint density at radius 2 is 2.00 bits per heavy atom. The molecule has 1 atom stereocenters. The second-order valence-corrected chi connectivity index (χ2v) is 7.14. The van der Waals surface area contributed by atoms with Gasteiger partial charge in [0, 0.05) is 36.0 Å². The van der Waals surface area contributed by atoms with Crippen molar-refractivity contribution in [1.29, 1.82) is 0 Å². The Morgan fingerprint density at radius 1 is 1.24 bits per heavy atom. The van der Waals surface area contributed by atoms with Crippen molar-refractivity contribution in [2.45, 2.75) is 46.8 Å². The van der Waals surface area contributed by atoms with Gasteiger partial charge in [0.1, 0.15) is 0 Å². The quantitative estimate of drug-likeness (QED) is 0.758. The lowest BCUT2D eigenvalue weighted by atomic mass is 10.0. The molecule has 0 unspecified atom stereocenters. The molecule has 2 aromatic rings. The predicted octanol–water partition coefficient (Wildman–Crippen LogP) is 4.77. The number of rotatable bonds is 7. The van der Waals surface area contributed by atoms with E-state index in [1.807, 2.05) is 42.3 Å². The van der Waals surface area contributed by atoms with Crippen LogP contribution in [0, 0.1) is 5.92 Å². The highest BCUT2D eigenvalue weighted by molar-refractivity contribution is 6.30. The molecule has 2 rings (SSSR count). The molecule has 2 amide bonds. The molecule has 0 fully saturated rings. The van der Waals surface area contributed by atoms with E-state index in [0.717, 1.165) is 22.8 Å². The molecule has 136 valence electrons. The predicted molar refractivity (Wildman–Crippen MR) is 104 cm³/mol. The van der Waals surface area contributed by atoms with Crippen molar-refractivity contribution in [1.82, 2.24) is 14.8 Å². The van der Waals surface area contributed by atoms with Crippen LogP contribution in [0.1, 0.15) is 39.0 Å². The molecule has 0 saturated carbocycles. The van der Waals surface area contributed by atoms with Crippen molar-refractivity contribution < 1.29 is 4.79 Å². The molecule has 0 radical (unpaired) electrons. The Kier molecular flexibility index (Phi) is 6.94. The maximum absolute atomic E-state index is 12.5. The lowest BCUT2D eigenvalue weighted by molar-refractivity contribution is 0.156. The van der Waals surface area contributed by atoms with Crippen molar-refractivity contribution in [2.75, 3.05) is 6.54 Å². The van der Waals surface area contributed by atoms with Gasteiger partial charge in [0.05, 0.1) is 6.54 Å². The fourth-order valence-corrected chi connectivity index (χ4v) is 2.98. The van der Waals surface area contributed by atoms with Gasteiger partial charge in [0.15, 0.2) is 0 Å². The topological polar surface area (TPSA) is 37.3 Å². The van der Waals surface area contributed by atoms with E-state index in [1.54, 1.807) is 0 Å². The Bertz CT molecular complexity index is 696. The number of urea groups is 1. The largest absolute Gasteiger partial charge is 0.345 e. The first-order valence-electron chi connectivity index (χ1n) is 8.85. The smallest absolute Gasteiger partial charge is 0.317 e. The third-order valence-electron chi connectivity index (χ3n) is 4.54. The van der Waals surface area contributed by atoms with Crippen LogP contribution >= 0.6 is 11.6 Å². The summed E-state index contributed by atoms with van der Waals surface area (Å²) in [6, 6.07) is 12.1. The standard InChI is InChI=1S/C20H28ClN3O/c1-5-22-20(25)24(16(4)15(2)3)14-19-10-7-11-23(19)13-17-8-6-9-18(21)12-17/h6-12,15-16H,5,13-14H2,1-4H3,(H,22,25)/t16-/m1/s1. The molecule has 0 aliphatic carbocycles. The number of carbonyl (C=O) groups excluding carboxylic acids is 1. The summed E-state index contributed by atoms with van der Waals surface area (Å²) >= 11 is 6.09. The van der Waals surface area contributed by atoms with Gasteiger partial charge >= 0.3 is 6.03 Å². The summed E-state index contributed by atoms with van der Waals surface area (Å²) in [5.41, 5.74) is 2.25. The van der Waals surface area contributed by atoms with Crippen LogP contribution in [0.5, 0.6) is 0 Å². The zero-order valence-electron chi connectivity index (χ0n) is 15.5. The summed E-state index contributed by atoms with van der Waals surface area (Å²) in [7, 11) is 0. The number of hydrogen-bond donors (Lipinski definition) is 1. The van der Waals surface area contributed by atoms with Gasteiger partial charge in [-0.15, -0.1) is 0 Å². The third kappa shape index (κ3) is 5.27. The number of benzene rings is 1. The monoisotopic (exact) mass is 361 g/mol. The van der Waals surface area contributed by atoms with Crippen molar-refractivity contribution in [3.8, 4) is 0 Å². The summed E-state index contributed by atoms with van der Waals surface area (Å²) in [6.07, 6.45) is 2.05. The molecule has 0 saturated heterocycles. The van der Waals surface area contributed by atoms with E-state index in [4.69, 9.17) is 11.6 Å². The van der Waals surface area contributed by atoms with Gasteiger partial charge in [0.2, 0.25) is 0 Å². The van der Waals surface area contributed by atoms with Crippen LogP contribution in [-0.2, 0) is 13.1 Å². The van der Waals surface area contributed by atoms with Gasteiger partial charge in [-0.05, 0) is 49.6 Å². The van der Waals surface area contributed by atoms with Gasteiger partial charge in [0.25, 0.3) is 0 Å². The zero-order valence-corrected chi connectivity index (χ0v) is 16.3. The van der Waals surface area contributed by atoms with Crippen LogP contribution < -0.4 is 5.32 Å². The molecule has 25 heavy (non-hydrogen) atoms. The minimum atomic E-state index is -0.0146. The number of halogens is 1. The lowest BCUT2D eigenvalue weighted by Crippen LogP contribution is -2.46. The SMILES string of the molecule is CCNC(=O)N(Cc1cccn1Cc1cccc(Cl)c1)[C@H](C)C(C)C. The number of carbonyl (C=O) groups is 1. The first-order valence-corrected chi connectivity index (χ1v) is 9.23. The molecule has 0 aliphatic heterocycles. The molecule has 5 heteroatoms. The Balaban J connectivity index is 2.19. The van der Waals surface area contributed by atoms with Crippen molar-refractivity contribution in [2.24, 2.45) is 5.92 Å². The van der Waals surface area contributed by atoms with Crippen molar-refractivity contribution in [3.05, 3.63) is 58.9 Å². The molecule has 1 aromatic carbocycles. The summed E-state index contributed by atoms with van der Waals surface area (Å²) in [4.78, 5) is 14.4. The van der Waals surface area contributed by atoms with Crippen molar-refractivity contribution in [3.63, 3.8) is 0 Å². The van der Waals surface area contributed by atoms with E-state index < -0.39 is 0 Å². The van der Waals surface area contributed by atoms with Gasteiger partial charge in [-0.25, -0.2) is 4.79 Å². The molecule has 1 aromatic heterocycles. The third-order valence-corrected chi connectivity index (χ3v) is 4.78. The van der Waals surface area contributed by atoms with Gasteiger partial charge in [-0.1, -0.05) is 37.6 Å². The van der Waals surface area contributed by atoms with Crippen molar-refractivity contribution >= 4 is 17.6 Å². The molecule has 0 aliphatic rings. The lowest BCUT2D eigenvalue weighted by Gasteiger charge is -2.32. The average Bonchev–Trinajstić information content (AvgIpc) is 2.99. The molecule has 1 heterocycles. The second kappa shape index (κ2) is 8.95. The van der Waals surface area contributed by atoms with E-state index in [0.29, 0.717) is 19.0 Å². The van der Waals surface area contributed by atoms with Crippen LogP contribution in [0.3, 0.4) is 0 Å². The van der Waals surface area contributed by atoms with Crippen LogP contribution in [0.25, 0.3) is 0 Å². The average molecular weight is 362 g/mol. The van der Waals surface area contributed by atoms with E-state index in [2.05, 4.69) is 42.8 Å². The zero-order chi connectivity index (χ0) is 18.4. The number of nitrogens with zero attached hydrogens (tertiary/aromatic N) is 2. The van der Waals surface area contributed by atoms with Gasteiger partial charge in [-0.2, -0.15) is 0 Å². The highest BCUT2D eigenvalue weighted by Gasteiger charge is 2.23. The maximum Gasteiger partial charge on any atom is 0.317 e. The minimum absolute atomic E-state index is 0.0146. The Hall–Kier alpha value is -1.94. The number of nitrogens with one attached hydrogen (secondary N) is 1. The normalized spacial score (nSPS) is 12.2. The minimum Gasteiger partial charge on any atom is -0.345 e. The van der Waals surface area contributed by atoms with Gasteiger partial charge < -0.3 is 14.8 Å². The van der Waals surface area contributed by atoms with E-state index in [9.17, 15) is 4.79 Å². The highest BCUT2D eigenvalue weighted by atomic mass is 35.5. The molecule has 4 nitrogen and oxygen atoms in total. The molecule has 0 spiro atoms. The highest BCUT2D eigenvalue weighted by Crippen LogP contribution is 2.18. The number of amides is 2. The van der Waals surface area contributed by atoms with Crippen LogP contribution in [-0.4, -0.2) is 28.1 Å². The first-order chi connectivity index (χ1) is 11.9. The summed E-state index contributed by atoms with van der Waals surface area (Å²) in [5, 5.41) is 3.67.